The van der Waals surface area contributed by atoms with Gasteiger partial charge in [-0.3, -0.25) is 9.78 Å². The van der Waals surface area contributed by atoms with E-state index in [2.05, 4.69) is 10.3 Å². The molecule has 0 saturated heterocycles. The maximum atomic E-state index is 11.9. The van der Waals surface area contributed by atoms with Crippen molar-refractivity contribution in [1.82, 2.24) is 4.98 Å². The molecule has 0 fully saturated rings. The number of hydrogen-bond acceptors (Lipinski definition) is 2. The Kier molecular flexibility index (Phi) is 3.95. The molecule has 0 aliphatic carbocycles. The first kappa shape index (κ1) is 12.6. The average molecular weight is 261 g/mol. The summed E-state index contributed by atoms with van der Waals surface area (Å²) in [6, 6.07) is 8.98. The number of nitrogens with one attached hydrogen (secondary N) is 1. The molecule has 0 bridgehead atoms. The number of carbonyl (C=O) groups is 1. The lowest BCUT2D eigenvalue weighted by Crippen LogP contribution is -2.15. The van der Waals surface area contributed by atoms with Crippen molar-refractivity contribution in [2.75, 3.05) is 5.32 Å². The quantitative estimate of drug-likeness (QED) is 0.921. The molecule has 3 nitrogen and oxygen atoms in total. The predicted molar refractivity (Wildman–Crippen MR) is 72.8 cm³/mol. The Labute approximate surface area is 111 Å². The standard InChI is InChI=1S/C14H13ClN2O/c1-10-5-6-16-9-11(10)7-14(18)17-13-4-2-3-12(15)8-13/h2-6,8-9H,7H2,1H3,(H,17,18). The number of aryl methyl sites for hydroxylation is 1. The van der Waals surface area contributed by atoms with E-state index in [1.807, 2.05) is 13.0 Å². The van der Waals surface area contributed by atoms with Crippen molar-refractivity contribution in [1.29, 1.82) is 0 Å². The summed E-state index contributed by atoms with van der Waals surface area (Å²) in [6.45, 7) is 1.96. The van der Waals surface area contributed by atoms with Gasteiger partial charge in [0.15, 0.2) is 0 Å². The molecule has 2 rings (SSSR count). The highest BCUT2D eigenvalue weighted by Gasteiger charge is 2.06. The predicted octanol–water partition coefficient (Wildman–Crippen LogP) is 3.22. The maximum absolute atomic E-state index is 11.9. The number of benzene rings is 1. The van der Waals surface area contributed by atoms with Gasteiger partial charge in [-0.1, -0.05) is 17.7 Å². The molecule has 0 radical (unpaired) electrons. The molecule has 0 unspecified atom stereocenters. The van der Waals surface area contributed by atoms with Crippen molar-refractivity contribution in [2.45, 2.75) is 13.3 Å². The van der Waals surface area contributed by atoms with Gasteiger partial charge in [-0.05, 0) is 42.3 Å². The molecule has 1 aromatic carbocycles. The second-order valence-corrected chi connectivity index (χ2v) is 4.47. The van der Waals surface area contributed by atoms with Gasteiger partial charge in [0.25, 0.3) is 0 Å². The first-order valence-corrected chi connectivity index (χ1v) is 5.98. The van der Waals surface area contributed by atoms with Gasteiger partial charge in [-0.25, -0.2) is 0 Å². The highest BCUT2D eigenvalue weighted by molar-refractivity contribution is 6.30. The topological polar surface area (TPSA) is 42.0 Å². The Balaban J connectivity index is 2.03. The number of nitrogens with zero attached hydrogens (tertiary/aromatic N) is 1. The number of carbonyl (C=O) groups excluding carboxylic acids is 1. The van der Waals surface area contributed by atoms with E-state index in [4.69, 9.17) is 11.6 Å². The minimum absolute atomic E-state index is 0.0756. The summed E-state index contributed by atoms with van der Waals surface area (Å²) in [5, 5.41) is 3.41. The summed E-state index contributed by atoms with van der Waals surface area (Å²) in [7, 11) is 0. The van der Waals surface area contributed by atoms with E-state index < -0.39 is 0 Å². The summed E-state index contributed by atoms with van der Waals surface area (Å²) in [6.07, 6.45) is 3.74. The Morgan fingerprint density at radius 3 is 2.94 bits per heavy atom. The van der Waals surface area contributed by atoms with Crippen LogP contribution in [0.4, 0.5) is 5.69 Å². The van der Waals surface area contributed by atoms with Crippen LogP contribution in [-0.2, 0) is 11.2 Å². The number of amides is 1. The van der Waals surface area contributed by atoms with Crippen LogP contribution in [-0.4, -0.2) is 10.9 Å². The zero-order chi connectivity index (χ0) is 13.0. The number of hydrogen-bond donors (Lipinski definition) is 1. The number of anilines is 1. The fourth-order valence-corrected chi connectivity index (χ4v) is 1.82. The van der Waals surface area contributed by atoms with Crippen molar-refractivity contribution in [3.8, 4) is 0 Å². The Bertz CT molecular complexity index is 569. The smallest absolute Gasteiger partial charge is 0.228 e. The Hall–Kier alpha value is -1.87. The number of pyridine rings is 1. The Morgan fingerprint density at radius 2 is 2.22 bits per heavy atom. The molecular weight excluding hydrogens is 248 g/mol. The molecule has 0 atom stereocenters. The first-order chi connectivity index (χ1) is 8.65. The summed E-state index contributed by atoms with van der Waals surface area (Å²) in [5.74, 6) is -0.0756. The van der Waals surface area contributed by atoms with E-state index in [0.29, 0.717) is 17.1 Å². The molecule has 2 aromatic rings. The van der Waals surface area contributed by atoms with Gasteiger partial charge in [0.05, 0.1) is 6.42 Å². The van der Waals surface area contributed by atoms with Crippen LogP contribution in [0.2, 0.25) is 5.02 Å². The summed E-state index contributed by atoms with van der Waals surface area (Å²) in [4.78, 5) is 15.9. The van der Waals surface area contributed by atoms with E-state index in [-0.39, 0.29) is 5.91 Å². The normalized spacial score (nSPS) is 10.1. The van der Waals surface area contributed by atoms with Crippen LogP contribution in [0.25, 0.3) is 0 Å². The average Bonchev–Trinajstić information content (AvgIpc) is 2.32. The lowest BCUT2D eigenvalue weighted by molar-refractivity contribution is -0.115. The van der Waals surface area contributed by atoms with Crippen LogP contribution in [0.1, 0.15) is 11.1 Å². The summed E-state index contributed by atoms with van der Waals surface area (Å²) >= 11 is 5.85. The van der Waals surface area contributed by atoms with E-state index >= 15 is 0 Å². The highest BCUT2D eigenvalue weighted by atomic mass is 35.5. The van der Waals surface area contributed by atoms with Crippen LogP contribution in [0.5, 0.6) is 0 Å². The van der Waals surface area contributed by atoms with E-state index in [0.717, 1.165) is 11.1 Å². The van der Waals surface area contributed by atoms with E-state index in [1.165, 1.54) is 0 Å². The SMILES string of the molecule is Cc1ccncc1CC(=O)Nc1cccc(Cl)c1. The second-order valence-electron chi connectivity index (χ2n) is 4.04. The van der Waals surface area contributed by atoms with Crippen LogP contribution in [0.15, 0.2) is 42.7 Å². The molecule has 18 heavy (non-hydrogen) atoms. The highest BCUT2D eigenvalue weighted by Crippen LogP contribution is 2.15. The number of aromatic nitrogens is 1. The summed E-state index contributed by atoms with van der Waals surface area (Å²) in [5.41, 5.74) is 2.69. The van der Waals surface area contributed by atoms with Crippen molar-refractivity contribution in [3.05, 3.63) is 58.9 Å². The molecule has 92 valence electrons. The van der Waals surface area contributed by atoms with E-state index in [9.17, 15) is 4.79 Å². The molecule has 0 aliphatic heterocycles. The van der Waals surface area contributed by atoms with Gasteiger partial charge >= 0.3 is 0 Å². The molecule has 0 aliphatic rings. The maximum Gasteiger partial charge on any atom is 0.228 e. The Morgan fingerprint density at radius 1 is 1.39 bits per heavy atom. The first-order valence-electron chi connectivity index (χ1n) is 5.60. The van der Waals surface area contributed by atoms with Gasteiger partial charge in [-0.2, -0.15) is 0 Å². The minimum atomic E-state index is -0.0756. The van der Waals surface area contributed by atoms with Crippen LogP contribution in [0.3, 0.4) is 0 Å². The molecule has 1 heterocycles. The van der Waals surface area contributed by atoms with Crippen LogP contribution in [0, 0.1) is 6.92 Å². The lowest BCUT2D eigenvalue weighted by atomic mass is 10.1. The summed E-state index contributed by atoms with van der Waals surface area (Å²) < 4.78 is 0. The zero-order valence-electron chi connectivity index (χ0n) is 9.98. The second kappa shape index (κ2) is 5.65. The molecule has 1 N–H and O–H groups in total. The third kappa shape index (κ3) is 3.31. The lowest BCUT2D eigenvalue weighted by Gasteiger charge is -2.07. The third-order valence-corrected chi connectivity index (χ3v) is 2.84. The molecule has 1 amide bonds. The number of halogens is 1. The monoisotopic (exact) mass is 260 g/mol. The van der Waals surface area contributed by atoms with Gasteiger partial charge < -0.3 is 5.32 Å². The van der Waals surface area contributed by atoms with Gasteiger partial charge in [-0.15, -0.1) is 0 Å². The van der Waals surface area contributed by atoms with E-state index in [1.54, 1.807) is 36.7 Å². The minimum Gasteiger partial charge on any atom is -0.326 e. The fraction of sp³-hybridized carbons (Fsp3) is 0.143. The van der Waals surface area contributed by atoms with Crippen molar-refractivity contribution in [3.63, 3.8) is 0 Å². The van der Waals surface area contributed by atoms with Gasteiger partial charge in [0.2, 0.25) is 5.91 Å². The molecule has 0 saturated carbocycles. The van der Waals surface area contributed by atoms with Gasteiger partial charge in [0, 0.05) is 23.1 Å². The van der Waals surface area contributed by atoms with Crippen LogP contribution < -0.4 is 5.32 Å². The molecular formula is C14H13ClN2O. The molecule has 1 aromatic heterocycles. The van der Waals surface area contributed by atoms with Crippen molar-refractivity contribution >= 4 is 23.2 Å². The van der Waals surface area contributed by atoms with Crippen molar-refractivity contribution < 1.29 is 4.79 Å². The van der Waals surface area contributed by atoms with Crippen LogP contribution >= 0.6 is 11.6 Å². The van der Waals surface area contributed by atoms with Crippen molar-refractivity contribution in [2.24, 2.45) is 0 Å². The largest absolute Gasteiger partial charge is 0.326 e. The zero-order valence-corrected chi connectivity index (χ0v) is 10.7. The fourth-order valence-electron chi connectivity index (χ4n) is 1.63. The van der Waals surface area contributed by atoms with Gasteiger partial charge in [0.1, 0.15) is 0 Å². The molecule has 0 spiro atoms. The number of rotatable bonds is 3. The third-order valence-electron chi connectivity index (χ3n) is 2.61. The molecule has 4 heteroatoms.